The number of likely N-dealkylation sites (N-methyl/N-ethyl adjacent to an activating group) is 1. The number of H-pyrrole nitrogens is 1. The molecule has 32 heavy (non-hydrogen) atoms. The van der Waals surface area contributed by atoms with Crippen LogP contribution >= 0.6 is 11.3 Å². The third-order valence-corrected chi connectivity index (χ3v) is 7.66. The van der Waals surface area contributed by atoms with E-state index in [0.29, 0.717) is 23.8 Å². The number of hydrogen-bond acceptors (Lipinski definition) is 7. The van der Waals surface area contributed by atoms with Gasteiger partial charge in [0.05, 0.1) is 10.4 Å². The Morgan fingerprint density at radius 2 is 1.88 bits per heavy atom. The fourth-order valence-corrected chi connectivity index (χ4v) is 5.07. The first-order valence-corrected chi connectivity index (χ1v) is 12.2. The highest BCUT2D eigenvalue weighted by molar-refractivity contribution is 7.89. The van der Waals surface area contributed by atoms with Crippen LogP contribution in [0.5, 0.6) is 5.75 Å². The van der Waals surface area contributed by atoms with Crippen molar-refractivity contribution in [2.24, 2.45) is 0 Å². The molecule has 1 N–H and O–H groups in total. The van der Waals surface area contributed by atoms with E-state index < -0.39 is 10.0 Å². The maximum atomic E-state index is 12.8. The molecule has 0 spiro atoms. The van der Waals surface area contributed by atoms with E-state index in [4.69, 9.17) is 4.74 Å². The van der Waals surface area contributed by atoms with Crippen molar-refractivity contribution in [2.45, 2.75) is 24.8 Å². The van der Waals surface area contributed by atoms with Crippen LogP contribution in [0, 0.1) is 6.92 Å². The van der Waals surface area contributed by atoms with Crippen LogP contribution in [0.15, 0.2) is 64.3 Å². The van der Waals surface area contributed by atoms with E-state index in [1.807, 2.05) is 37.3 Å². The smallest absolute Gasteiger partial charge is 0.322 e. The second-order valence-corrected chi connectivity index (χ2v) is 10.4. The van der Waals surface area contributed by atoms with Crippen molar-refractivity contribution in [2.75, 3.05) is 13.6 Å². The van der Waals surface area contributed by atoms with E-state index in [-0.39, 0.29) is 16.3 Å². The number of aryl methyl sites for hydroxylation is 1. The van der Waals surface area contributed by atoms with Crippen LogP contribution in [0.1, 0.15) is 16.3 Å². The summed E-state index contributed by atoms with van der Waals surface area (Å²) in [6.45, 7) is 2.51. The SMILES string of the molecule is Cc1cc(COc2ccc(S(=O)(=O)N(C)CCc3n[nH]c(=O)s3)cc2)c2ccccc2n1. The lowest BCUT2D eigenvalue weighted by Gasteiger charge is -2.17. The van der Waals surface area contributed by atoms with Gasteiger partial charge in [0.1, 0.15) is 17.4 Å². The molecule has 4 aromatic rings. The predicted molar refractivity (Wildman–Crippen MR) is 124 cm³/mol. The van der Waals surface area contributed by atoms with Gasteiger partial charge in [-0.3, -0.25) is 9.78 Å². The van der Waals surface area contributed by atoms with Crippen LogP contribution in [0.2, 0.25) is 0 Å². The van der Waals surface area contributed by atoms with Crippen molar-refractivity contribution in [3.8, 4) is 5.75 Å². The summed E-state index contributed by atoms with van der Waals surface area (Å²) in [6.07, 6.45) is 0.361. The molecule has 0 aliphatic heterocycles. The zero-order valence-electron chi connectivity index (χ0n) is 17.6. The standard InChI is InChI=1S/C22H22N4O4S2/c1-15-13-16(19-5-3-4-6-20(19)23-15)14-30-17-7-9-18(10-8-17)32(28,29)26(2)12-11-21-24-25-22(27)31-21/h3-10,13H,11-12,14H2,1-2H3,(H,25,27). The number of fused-ring (bicyclic) bond motifs is 1. The second kappa shape index (κ2) is 9.19. The largest absolute Gasteiger partial charge is 0.489 e. The van der Waals surface area contributed by atoms with Crippen molar-refractivity contribution in [1.29, 1.82) is 0 Å². The molecular weight excluding hydrogens is 448 g/mol. The second-order valence-electron chi connectivity index (χ2n) is 7.28. The summed E-state index contributed by atoms with van der Waals surface area (Å²) in [5.41, 5.74) is 2.84. The van der Waals surface area contributed by atoms with Crippen LogP contribution in [0.25, 0.3) is 10.9 Å². The first-order valence-electron chi connectivity index (χ1n) is 9.92. The summed E-state index contributed by atoms with van der Waals surface area (Å²) < 4.78 is 32.8. The number of nitrogens with zero attached hydrogens (tertiary/aromatic N) is 3. The molecule has 0 aliphatic carbocycles. The summed E-state index contributed by atoms with van der Waals surface area (Å²) in [6, 6.07) is 16.2. The van der Waals surface area contributed by atoms with Gasteiger partial charge in [-0.05, 0) is 43.3 Å². The van der Waals surface area contributed by atoms with Crippen LogP contribution in [0.3, 0.4) is 0 Å². The highest BCUT2D eigenvalue weighted by Gasteiger charge is 2.21. The Labute approximate surface area is 189 Å². The zero-order valence-corrected chi connectivity index (χ0v) is 19.2. The summed E-state index contributed by atoms with van der Waals surface area (Å²) in [5, 5.41) is 7.79. The molecule has 8 nitrogen and oxygen atoms in total. The van der Waals surface area contributed by atoms with Gasteiger partial charge in [0, 0.05) is 36.7 Å². The minimum atomic E-state index is -3.66. The van der Waals surface area contributed by atoms with Gasteiger partial charge in [0.25, 0.3) is 0 Å². The van der Waals surface area contributed by atoms with E-state index in [0.717, 1.165) is 33.5 Å². The third-order valence-electron chi connectivity index (χ3n) is 4.98. The molecule has 2 heterocycles. The van der Waals surface area contributed by atoms with Crippen molar-refractivity contribution in [1.82, 2.24) is 19.5 Å². The number of hydrogen-bond donors (Lipinski definition) is 1. The first kappa shape index (κ1) is 22.1. The molecule has 2 aromatic carbocycles. The summed E-state index contributed by atoms with van der Waals surface area (Å²) in [5.74, 6) is 0.575. The summed E-state index contributed by atoms with van der Waals surface area (Å²) in [7, 11) is -2.16. The number of ether oxygens (including phenoxy) is 1. The average molecular weight is 471 g/mol. The van der Waals surface area contributed by atoms with E-state index in [9.17, 15) is 13.2 Å². The lowest BCUT2D eigenvalue weighted by molar-refractivity contribution is 0.307. The maximum absolute atomic E-state index is 12.8. The van der Waals surface area contributed by atoms with E-state index >= 15 is 0 Å². The number of para-hydroxylation sites is 1. The van der Waals surface area contributed by atoms with Gasteiger partial charge in [-0.15, -0.1) is 0 Å². The summed E-state index contributed by atoms with van der Waals surface area (Å²) in [4.78, 5) is 15.6. The molecular formula is C22H22N4O4S2. The van der Waals surface area contributed by atoms with Crippen LogP contribution in [0.4, 0.5) is 0 Å². The van der Waals surface area contributed by atoms with E-state index in [1.165, 1.54) is 23.5 Å². The monoisotopic (exact) mass is 470 g/mol. The van der Waals surface area contributed by atoms with Crippen molar-refractivity contribution < 1.29 is 13.2 Å². The molecule has 0 aliphatic rings. The van der Waals surface area contributed by atoms with Gasteiger partial charge in [-0.1, -0.05) is 29.5 Å². The van der Waals surface area contributed by atoms with Gasteiger partial charge in [-0.25, -0.2) is 17.8 Å². The Bertz CT molecular complexity index is 1400. The Kier molecular flexibility index (Phi) is 6.35. The molecule has 2 aromatic heterocycles. The minimum absolute atomic E-state index is 0.174. The van der Waals surface area contributed by atoms with Gasteiger partial charge in [0.15, 0.2) is 0 Å². The predicted octanol–water partition coefficient (Wildman–Crippen LogP) is 3.13. The topological polar surface area (TPSA) is 105 Å². The van der Waals surface area contributed by atoms with Crippen LogP contribution < -0.4 is 9.61 Å². The van der Waals surface area contributed by atoms with Gasteiger partial charge in [-0.2, -0.15) is 5.10 Å². The van der Waals surface area contributed by atoms with E-state index in [2.05, 4.69) is 15.2 Å². The maximum Gasteiger partial charge on any atom is 0.322 e. The molecule has 0 radical (unpaired) electrons. The van der Waals surface area contributed by atoms with E-state index in [1.54, 1.807) is 12.1 Å². The molecule has 0 amide bonds. The van der Waals surface area contributed by atoms with Gasteiger partial charge < -0.3 is 4.74 Å². The molecule has 0 saturated heterocycles. The van der Waals surface area contributed by atoms with Crippen molar-refractivity contribution >= 4 is 32.3 Å². The van der Waals surface area contributed by atoms with Crippen molar-refractivity contribution in [3.05, 3.63) is 80.5 Å². The van der Waals surface area contributed by atoms with Crippen LogP contribution in [-0.2, 0) is 23.1 Å². The quantitative estimate of drug-likeness (QED) is 0.424. The van der Waals surface area contributed by atoms with Crippen LogP contribution in [-0.4, -0.2) is 41.5 Å². The fourth-order valence-electron chi connectivity index (χ4n) is 3.30. The molecule has 0 saturated carbocycles. The molecule has 4 rings (SSSR count). The molecule has 166 valence electrons. The normalized spacial score (nSPS) is 11.8. The molecule has 10 heteroatoms. The van der Waals surface area contributed by atoms with Gasteiger partial charge >= 0.3 is 4.87 Å². The number of sulfonamides is 1. The highest BCUT2D eigenvalue weighted by atomic mass is 32.2. The summed E-state index contributed by atoms with van der Waals surface area (Å²) >= 11 is 0.979. The molecule has 0 unspecified atom stereocenters. The Hall–Kier alpha value is -3.08. The number of benzene rings is 2. The Morgan fingerprint density at radius 3 is 2.59 bits per heavy atom. The number of aromatic nitrogens is 3. The average Bonchev–Trinajstić information content (AvgIpc) is 3.21. The third kappa shape index (κ3) is 4.87. The lowest BCUT2D eigenvalue weighted by Crippen LogP contribution is -2.29. The molecule has 0 bridgehead atoms. The fraction of sp³-hybridized carbons (Fsp3) is 0.227. The minimum Gasteiger partial charge on any atom is -0.489 e. The number of aromatic amines is 1. The van der Waals surface area contributed by atoms with Crippen molar-refractivity contribution in [3.63, 3.8) is 0 Å². The van der Waals surface area contributed by atoms with Gasteiger partial charge in [0.2, 0.25) is 10.0 Å². The molecule has 0 fully saturated rings. The zero-order chi connectivity index (χ0) is 22.7. The lowest BCUT2D eigenvalue weighted by atomic mass is 10.1. The Morgan fingerprint density at radius 1 is 1.12 bits per heavy atom. The number of pyridine rings is 1. The number of nitrogens with one attached hydrogen (secondary N) is 1. The highest BCUT2D eigenvalue weighted by Crippen LogP contribution is 2.23. The first-order chi connectivity index (χ1) is 15.3. The number of rotatable bonds is 8. The Balaban J connectivity index is 1.43. The molecule has 0 atom stereocenters.